The van der Waals surface area contributed by atoms with Crippen molar-refractivity contribution in [3.8, 4) is 0 Å². The normalized spacial score (nSPS) is 14.9. The molecule has 1 aliphatic carbocycles. The molecule has 0 radical (unpaired) electrons. The molecule has 1 aliphatic rings. The van der Waals surface area contributed by atoms with Crippen molar-refractivity contribution in [3.63, 3.8) is 0 Å². The minimum Gasteiger partial charge on any atom is -0.353 e. The van der Waals surface area contributed by atoms with Crippen LogP contribution in [-0.4, -0.2) is 31.0 Å². The Morgan fingerprint density at radius 3 is 2.74 bits per heavy atom. The number of rotatable bonds is 5. The van der Waals surface area contributed by atoms with Gasteiger partial charge in [0, 0.05) is 37.1 Å². The van der Waals surface area contributed by atoms with Crippen LogP contribution in [-0.2, 0) is 20.1 Å². The van der Waals surface area contributed by atoms with Crippen LogP contribution in [0.5, 0.6) is 0 Å². The molecule has 1 fully saturated rings. The minimum atomic E-state index is 0.0761. The van der Waals surface area contributed by atoms with Gasteiger partial charge in [0.2, 0.25) is 5.28 Å². The molecule has 0 spiro atoms. The highest BCUT2D eigenvalue weighted by Gasteiger charge is 2.28. The van der Waals surface area contributed by atoms with Gasteiger partial charge >= 0.3 is 0 Å². The molecule has 0 unspecified atom stereocenters. The lowest BCUT2D eigenvalue weighted by Gasteiger charge is -2.29. The van der Waals surface area contributed by atoms with Gasteiger partial charge in [0.05, 0.1) is 17.6 Å². The number of benzene rings is 1. The topological polar surface area (TPSA) is 43.1 Å². The van der Waals surface area contributed by atoms with Crippen molar-refractivity contribution >= 4 is 28.5 Å². The van der Waals surface area contributed by atoms with E-state index in [1.165, 1.54) is 12.8 Å². The van der Waals surface area contributed by atoms with Gasteiger partial charge in [-0.25, -0.2) is 4.98 Å². The van der Waals surface area contributed by atoms with E-state index in [9.17, 15) is 4.79 Å². The van der Waals surface area contributed by atoms with Crippen LogP contribution in [0, 0.1) is 0 Å². The van der Waals surface area contributed by atoms with E-state index < -0.39 is 0 Å². The van der Waals surface area contributed by atoms with Crippen molar-refractivity contribution < 1.29 is 4.79 Å². The van der Waals surface area contributed by atoms with Crippen LogP contribution in [0.25, 0.3) is 11.0 Å². The maximum atomic E-state index is 13.4. The fraction of sp³-hybridized carbons (Fsp3) is 0.429. The second-order valence-corrected chi connectivity index (χ2v) is 7.65. The molecule has 6 heteroatoms. The molecule has 1 aromatic carbocycles. The van der Waals surface area contributed by atoms with Crippen LogP contribution in [0.1, 0.15) is 48.7 Å². The van der Waals surface area contributed by atoms with E-state index in [-0.39, 0.29) is 5.91 Å². The van der Waals surface area contributed by atoms with E-state index in [1.54, 1.807) is 0 Å². The van der Waals surface area contributed by atoms with Crippen LogP contribution >= 0.6 is 11.6 Å². The molecule has 27 heavy (non-hydrogen) atoms. The van der Waals surface area contributed by atoms with Crippen LogP contribution in [0.15, 0.2) is 36.5 Å². The van der Waals surface area contributed by atoms with Crippen molar-refractivity contribution in [1.29, 1.82) is 0 Å². The third-order valence-corrected chi connectivity index (χ3v) is 5.96. The van der Waals surface area contributed by atoms with Crippen molar-refractivity contribution in [2.75, 3.05) is 0 Å². The van der Waals surface area contributed by atoms with Gasteiger partial charge in [0.15, 0.2) is 0 Å². The van der Waals surface area contributed by atoms with Crippen molar-refractivity contribution in [3.05, 3.63) is 53.1 Å². The number of hydrogen-bond acceptors (Lipinski definition) is 2. The van der Waals surface area contributed by atoms with Gasteiger partial charge in [-0.3, -0.25) is 4.79 Å². The van der Waals surface area contributed by atoms with Gasteiger partial charge in [-0.05, 0) is 61.7 Å². The second-order valence-electron chi connectivity index (χ2n) is 7.31. The fourth-order valence-electron chi connectivity index (χ4n) is 4.12. The van der Waals surface area contributed by atoms with E-state index >= 15 is 0 Å². The monoisotopic (exact) mass is 384 g/mol. The Bertz CT molecular complexity index is 968. The van der Waals surface area contributed by atoms with E-state index in [0.717, 1.165) is 36.1 Å². The first-order valence-corrected chi connectivity index (χ1v) is 10.0. The fourth-order valence-corrected chi connectivity index (χ4v) is 4.42. The highest BCUT2D eigenvalue weighted by atomic mass is 35.5. The Kier molecular flexibility index (Phi) is 4.96. The van der Waals surface area contributed by atoms with Gasteiger partial charge in [-0.1, -0.05) is 12.8 Å². The summed E-state index contributed by atoms with van der Waals surface area (Å²) < 4.78 is 4.03. The summed E-state index contributed by atoms with van der Waals surface area (Å²) in [6, 6.07) is 10.2. The molecular weight excluding hydrogens is 360 g/mol. The molecule has 0 saturated heterocycles. The number of halogens is 1. The zero-order valence-electron chi connectivity index (χ0n) is 15.9. The number of aryl methyl sites for hydroxylation is 2. The first kappa shape index (κ1) is 18.1. The number of amides is 1. The third-order valence-electron chi connectivity index (χ3n) is 5.67. The van der Waals surface area contributed by atoms with E-state index in [0.29, 0.717) is 23.4 Å². The molecule has 4 rings (SSSR count). The number of carbonyl (C=O) groups is 1. The van der Waals surface area contributed by atoms with Gasteiger partial charge in [-0.2, -0.15) is 0 Å². The zero-order valence-corrected chi connectivity index (χ0v) is 16.6. The van der Waals surface area contributed by atoms with Gasteiger partial charge in [0.1, 0.15) is 0 Å². The van der Waals surface area contributed by atoms with Gasteiger partial charge in [-0.15, -0.1) is 0 Å². The number of carbonyl (C=O) groups excluding carboxylic acids is 1. The lowest BCUT2D eigenvalue weighted by molar-refractivity contribution is 0.0660. The molecule has 2 aromatic heterocycles. The summed E-state index contributed by atoms with van der Waals surface area (Å²) >= 11 is 6.23. The zero-order chi connectivity index (χ0) is 19.0. The summed E-state index contributed by atoms with van der Waals surface area (Å²) in [6.45, 7) is 3.42. The highest BCUT2D eigenvalue weighted by molar-refractivity contribution is 6.29. The van der Waals surface area contributed by atoms with E-state index in [1.807, 2.05) is 53.9 Å². The van der Waals surface area contributed by atoms with Crippen molar-refractivity contribution in [2.24, 2.45) is 7.05 Å². The Hall–Kier alpha value is -2.27. The summed E-state index contributed by atoms with van der Waals surface area (Å²) in [7, 11) is 2.03. The molecular formula is C21H25ClN4O. The van der Waals surface area contributed by atoms with E-state index in [2.05, 4.69) is 15.6 Å². The van der Waals surface area contributed by atoms with Crippen LogP contribution in [0.3, 0.4) is 0 Å². The van der Waals surface area contributed by atoms with Crippen molar-refractivity contribution in [1.82, 2.24) is 19.0 Å². The highest BCUT2D eigenvalue weighted by Crippen LogP contribution is 2.28. The maximum absolute atomic E-state index is 13.4. The summed E-state index contributed by atoms with van der Waals surface area (Å²) in [5.74, 6) is 0.0761. The molecule has 0 atom stereocenters. The third kappa shape index (κ3) is 3.36. The number of imidazole rings is 1. The minimum absolute atomic E-state index is 0.0761. The molecule has 1 amide bonds. The Morgan fingerprint density at radius 2 is 2.07 bits per heavy atom. The molecule has 5 nitrogen and oxygen atoms in total. The molecule has 0 bridgehead atoms. The Balaban J connectivity index is 1.68. The summed E-state index contributed by atoms with van der Waals surface area (Å²) in [5.41, 5.74) is 3.57. The lowest BCUT2D eigenvalue weighted by atomic mass is 10.1. The van der Waals surface area contributed by atoms with Crippen molar-refractivity contribution in [2.45, 2.75) is 51.7 Å². The molecule has 0 N–H and O–H groups in total. The first-order valence-electron chi connectivity index (χ1n) is 9.65. The van der Waals surface area contributed by atoms with E-state index in [4.69, 9.17) is 11.6 Å². The average molecular weight is 385 g/mol. The molecule has 2 heterocycles. The molecule has 142 valence electrons. The summed E-state index contributed by atoms with van der Waals surface area (Å²) in [5, 5.41) is 0.466. The lowest BCUT2D eigenvalue weighted by Crippen LogP contribution is -2.38. The predicted octanol–water partition coefficient (Wildman–Crippen LogP) is 4.63. The first-order chi connectivity index (χ1) is 13.1. The number of hydrogen-bond donors (Lipinski definition) is 0. The molecule has 1 saturated carbocycles. The number of fused-ring (bicyclic) bond motifs is 1. The van der Waals surface area contributed by atoms with Crippen LogP contribution < -0.4 is 0 Å². The molecule has 0 aliphatic heterocycles. The largest absolute Gasteiger partial charge is 0.353 e. The SMILES string of the molecule is CCn1c(Cl)nc2cc(C(=O)N(Cc3cccn3C)C3CCCC3)ccc21. The number of aromatic nitrogens is 3. The quantitative estimate of drug-likeness (QED) is 0.643. The Labute approximate surface area is 164 Å². The Morgan fingerprint density at radius 1 is 1.30 bits per heavy atom. The van der Waals surface area contributed by atoms with Crippen LogP contribution in [0.2, 0.25) is 5.28 Å². The van der Waals surface area contributed by atoms with Gasteiger partial charge in [0.25, 0.3) is 5.91 Å². The molecule has 3 aromatic rings. The maximum Gasteiger partial charge on any atom is 0.254 e. The second kappa shape index (κ2) is 7.39. The standard InChI is InChI=1S/C21H25ClN4O/c1-3-25-19-11-10-15(13-18(19)23-21(25)22)20(27)26(16-7-4-5-8-16)14-17-9-6-12-24(17)2/h6,9-13,16H,3-5,7-8,14H2,1-2H3. The summed E-state index contributed by atoms with van der Waals surface area (Å²) in [6.07, 6.45) is 6.57. The average Bonchev–Trinajstić information content (AvgIpc) is 3.38. The summed E-state index contributed by atoms with van der Waals surface area (Å²) in [4.78, 5) is 19.9. The number of nitrogens with zero attached hydrogens (tertiary/aromatic N) is 4. The smallest absolute Gasteiger partial charge is 0.254 e. The van der Waals surface area contributed by atoms with Crippen LogP contribution in [0.4, 0.5) is 0 Å². The van der Waals surface area contributed by atoms with Gasteiger partial charge < -0.3 is 14.0 Å². The predicted molar refractivity (Wildman–Crippen MR) is 108 cm³/mol.